The Labute approximate surface area is 163 Å². The van der Waals surface area contributed by atoms with E-state index >= 15 is 0 Å². The first kappa shape index (κ1) is 17.6. The van der Waals surface area contributed by atoms with Crippen molar-refractivity contribution in [2.45, 2.75) is 18.4 Å². The Kier molecular flexibility index (Phi) is 5.12. The highest BCUT2D eigenvalue weighted by molar-refractivity contribution is 8.00. The van der Waals surface area contributed by atoms with Crippen molar-refractivity contribution < 1.29 is 4.79 Å². The fourth-order valence-electron chi connectivity index (χ4n) is 2.50. The van der Waals surface area contributed by atoms with Crippen LogP contribution in [0.5, 0.6) is 0 Å². The number of aromatic amines is 1. The van der Waals surface area contributed by atoms with Crippen LogP contribution in [0.2, 0.25) is 0 Å². The quantitative estimate of drug-likeness (QED) is 0.482. The lowest BCUT2D eigenvalue weighted by atomic mass is 10.3. The molecule has 1 aromatic carbocycles. The largest absolute Gasteiger partial charge is 0.338 e. The van der Waals surface area contributed by atoms with E-state index in [9.17, 15) is 4.79 Å². The minimum atomic E-state index is -0.139. The first-order chi connectivity index (χ1) is 13.2. The van der Waals surface area contributed by atoms with Crippen LogP contribution in [0.3, 0.4) is 0 Å². The fourth-order valence-corrected chi connectivity index (χ4v) is 3.99. The van der Waals surface area contributed by atoms with Gasteiger partial charge in [0.05, 0.1) is 16.8 Å². The van der Waals surface area contributed by atoms with Crippen molar-refractivity contribution in [3.8, 4) is 11.4 Å². The number of anilines is 1. The summed E-state index contributed by atoms with van der Waals surface area (Å²) in [6.45, 7) is 2.00. The van der Waals surface area contributed by atoms with Gasteiger partial charge < -0.3 is 4.98 Å². The van der Waals surface area contributed by atoms with Crippen LogP contribution in [0.15, 0.2) is 47.6 Å². The lowest BCUT2D eigenvalue weighted by Crippen LogP contribution is -2.14. The topological polar surface area (TPSA) is 96.5 Å². The van der Waals surface area contributed by atoms with Crippen molar-refractivity contribution in [3.63, 3.8) is 0 Å². The summed E-state index contributed by atoms with van der Waals surface area (Å²) in [5.74, 6) is 0.828. The molecule has 9 heteroatoms. The SMILES string of the molecule is CCc1nnc(NC(=O)CSc2ncccc2-c2nc3ccccc3[nH]2)s1. The fraction of sp³-hybridized carbons (Fsp3) is 0.167. The number of nitrogens with one attached hydrogen (secondary N) is 2. The van der Waals surface area contributed by atoms with Gasteiger partial charge in [-0.15, -0.1) is 10.2 Å². The van der Waals surface area contributed by atoms with Crippen molar-refractivity contribution in [1.29, 1.82) is 0 Å². The monoisotopic (exact) mass is 396 g/mol. The lowest BCUT2D eigenvalue weighted by Gasteiger charge is -2.05. The number of para-hydroxylation sites is 2. The third kappa shape index (κ3) is 3.99. The van der Waals surface area contributed by atoms with Crippen molar-refractivity contribution in [2.24, 2.45) is 0 Å². The van der Waals surface area contributed by atoms with E-state index in [1.165, 1.54) is 23.1 Å². The summed E-state index contributed by atoms with van der Waals surface area (Å²) in [7, 11) is 0. The van der Waals surface area contributed by atoms with Gasteiger partial charge in [0.15, 0.2) is 0 Å². The Morgan fingerprint density at radius 3 is 2.93 bits per heavy atom. The van der Waals surface area contributed by atoms with E-state index in [0.29, 0.717) is 5.13 Å². The maximum Gasteiger partial charge on any atom is 0.236 e. The van der Waals surface area contributed by atoms with Crippen LogP contribution in [0.4, 0.5) is 5.13 Å². The zero-order valence-electron chi connectivity index (χ0n) is 14.5. The smallest absolute Gasteiger partial charge is 0.236 e. The number of nitrogens with zero attached hydrogens (tertiary/aromatic N) is 4. The van der Waals surface area contributed by atoms with Crippen LogP contribution in [0.25, 0.3) is 22.4 Å². The Morgan fingerprint density at radius 2 is 2.11 bits per heavy atom. The summed E-state index contributed by atoms with van der Waals surface area (Å²) in [6.07, 6.45) is 2.52. The maximum atomic E-state index is 12.2. The lowest BCUT2D eigenvalue weighted by molar-refractivity contribution is -0.113. The van der Waals surface area contributed by atoms with Gasteiger partial charge in [-0.25, -0.2) is 9.97 Å². The molecule has 4 aromatic rings. The third-order valence-corrected chi connectivity index (χ3v) is 5.76. The third-order valence-electron chi connectivity index (χ3n) is 3.77. The second-order valence-electron chi connectivity index (χ2n) is 5.65. The van der Waals surface area contributed by atoms with Gasteiger partial charge in [0, 0.05) is 11.8 Å². The summed E-state index contributed by atoms with van der Waals surface area (Å²) in [4.78, 5) is 24.6. The minimum absolute atomic E-state index is 0.139. The average Bonchev–Trinajstić information content (AvgIpc) is 3.33. The van der Waals surface area contributed by atoms with Gasteiger partial charge in [0.25, 0.3) is 0 Å². The molecule has 0 radical (unpaired) electrons. The molecular weight excluding hydrogens is 380 g/mol. The van der Waals surface area contributed by atoms with E-state index in [1.54, 1.807) is 6.20 Å². The molecule has 0 saturated carbocycles. The highest BCUT2D eigenvalue weighted by Crippen LogP contribution is 2.29. The van der Waals surface area contributed by atoms with Crippen LogP contribution in [-0.2, 0) is 11.2 Å². The number of aromatic nitrogens is 5. The zero-order chi connectivity index (χ0) is 18.6. The highest BCUT2D eigenvalue weighted by atomic mass is 32.2. The van der Waals surface area contributed by atoms with Crippen LogP contribution in [0.1, 0.15) is 11.9 Å². The number of fused-ring (bicyclic) bond motifs is 1. The Morgan fingerprint density at radius 1 is 1.22 bits per heavy atom. The Balaban J connectivity index is 1.48. The number of amides is 1. The molecule has 0 atom stereocenters. The van der Waals surface area contributed by atoms with Crippen LogP contribution < -0.4 is 5.32 Å². The standard InChI is InChI=1S/C18H16N6OS2/c1-2-15-23-24-18(27-15)22-14(25)10-26-17-11(6-5-9-19-17)16-20-12-7-3-4-8-13(12)21-16/h3-9H,2,10H2,1H3,(H,20,21)(H,22,24,25). The number of thioether (sulfide) groups is 1. The van der Waals surface area contributed by atoms with Gasteiger partial charge in [0.1, 0.15) is 15.9 Å². The molecule has 0 aliphatic heterocycles. The molecule has 0 aliphatic rings. The number of hydrogen-bond donors (Lipinski definition) is 2. The van der Waals surface area contributed by atoms with Gasteiger partial charge in [-0.05, 0) is 30.7 Å². The van der Waals surface area contributed by atoms with Gasteiger partial charge in [-0.3, -0.25) is 10.1 Å². The second-order valence-corrected chi connectivity index (χ2v) is 7.68. The summed E-state index contributed by atoms with van der Waals surface area (Å²) in [5.41, 5.74) is 2.73. The van der Waals surface area contributed by atoms with Gasteiger partial charge in [-0.2, -0.15) is 0 Å². The molecule has 2 N–H and O–H groups in total. The number of pyridine rings is 1. The number of benzene rings is 1. The Bertz CT molecular complexity index is 1060. The summed E-state index contributed by atoms with van der Waals surface area (Å²) >= 11 is 2.76. The molecule has 0 fully saturated rings. The average molecular weight is 397 g/mol. The molecule has 0 spiro atoms. The number of imidazole rings is 1. The van der Waals surface area contributed by atoms with Gasteiger partial charge in [-0.1, -0.05) is 42.2 Å². The van der Waals surface area contributed by atoms with Crippen LogP contribution in [0, 0.1) is 0 Å². The molecule has 1 amide bonds. The number of rotatable bonds is 6. The van der Waals surface area contributed by atoms with Crippen molar-refractivity contribution in [3.05, 3.63) is 47.6 Å². The van der Waals surface area contributed by atoms with Gasteiger partial charge in [0.2, 0.25) is 11.0 Å². The molecule has 3 aromatic heterocycles. The molecule has 4 rings (SSSR count). The van der Waals surface area contributed by atoms with Crippen LogP contribution >= 0.6 is 23.1 Å². The van der Waals surface area contributed by atoms with E-state index < -0.39 is 0 Å². The number of hydrogen-bond acceptors (Lipinski definition) is 7. The first-order valence-corrected chi connectivity index (χ1v) is 10.2. The zero-order valence-corrected chi connectivity index (χ0v) is 16.1. The number of carbonyl (C=O) groups is 1. The van der Waals surface area contributed by atoms with Crippen molar-refractivity contribution >= 4 is 45.2 Å². The molecule has 27 heavy (non-hydrogen) atoms. The highest BCUT2D eigenvalue weighted by Gasteiger charge is 2.14. The first-order valence-electron chi connectivity index (χ1n) is 8.38. The summed E-state index contributed by atoms with van der Waals surface area (Å²) < 4.78 is 0. The number of aryl methyl sites for hydroxylation is 1. The van der Waals surface area contributed by atoms with Crippen LogP contribution in [-0.4, -0.2) is 36.8 Å². The van der Waals surface area contributed by atoms with E-state index in [0.717, 1.165) is 38.9 Å². The molecule has 7 nitrogen and oxygen atoms in total. The second kappa shape index (κ2) is 7.85. The maximum absolute atomic E-state index is 12.2. The van der Waals surface area contributed by atoms with E-state index in [-0.39, 0.29) is 11.7 Å². The predicted octanol–water partition coefficient (Wildman–Crippen LogP) is 3.77. The molecular formula is C18H16N6OS2. The predicted molar refractivity (Wildman–Crippen MR) is 108 cm³/mol. The van der Waals surface area contributed by atoms with Crippen molar-refractivity contribution in [1.82, 2.24) is 25.1 Å². The van der Waals surface area contributed by atoms with E-state index in [2.05, 4.69) is 30.5 Å². The van der Waals surface area contributed by atoms with Crippen molar-refractivity contribution in [2.75, 3.05) is 11.1 Å². The normalized spacial score (nSPS) is 11.0. The number of H-pyrrole nitrogens is 1. The number of carbonyl (C=O) groups excluding carboxylic acids is 1. The molecule has 0 saturated heterocycles. The summed E-state index contributed by atoms with van der Waals surface area (Å²) in [6, 6.07) is 11.7. The molecule has 3 heterocycles. The molecule has 0 aliphatic carbocycles. The molecule has 0 unspecified atom stereocenters. The van der Waals surface area contributed by atoms with E-state index in [4.69, 9.17) is 0 Å². The molecule has 0 bridgehead atoms. The minimum Gasteiger partial charge on any atom is -0.338 e. The molecule has 136 valence electrons. The Hall–Kier alpha value is -2.78. The summed E-state index contributed by atoms with van der Waals surface area (Å²) in [5, 5.41) is 12.9. The van der Waals surface area contributed by atoms with Gasteiger partial charge >= 0.3 is 0 Å². The van der Waals surface area contributed by atoms with E-state index in [1.807, 2.05) is 43.3 Å².